The van der Waals surface area contributed by atoms with Gasteiger partial charge in [0.2, 0.25) is 5.91 Å². The van der Waals surface area contributed by atoms with Gasteiger partial charge in [0.1, 0.15) is 11.6 Å². The lowest BCUT2D eigenvalue weighted by atomic mass is 10.2. The molecule has 3 aromatic rings. The molecule has 2 aromatic heterocycles. The Morgan fingerprint density at radius 1 is 1.14 bits per heavy atom. The number of anilines is 2. The van der Waals surface area contributed by atoms with E-state index in [2.05, 4.69) is 15.6 Å². The predicted molar refractivity (Wildman–Crippen MR) is 116 cm³/mol. The molecule has 10 heteroatoms. The van der Waals surface area contributed by atoms with Gasteiger partial charge in [0.15, 0.2) is 0 Å². The van der Waals surface area contributed by atoms with Crippen LogP contribution in [0.2, 0.25) is 4.34 Å². The topological polar surface area (TPSA) is 89.5 Å². The number of benzene rings is 1. The highest BCUT2D eigenvalue weighted by Gasteiger charge is 2.11. The summed E-state index contributed by atoms with van der Waals surface area (Å²) in [7, 11) is 1.53. The number of thiophene rings is 1. The number of hydrogen-bond acceptors (Lipinski definition) is 7. The Labute approximate surface area is 180 Å². The molecule has 0 radical (unpaired) electrons. The van der Waals surface area contributed by atoms with Crippen molar-refractivity contribution in [2.75, 3.05) is 31.0 Å². The second-order valence-corrected chi connectivity index (χ2v) is 8.38. The molecule has 2 N–H and O–H groups in total. The summed E-state index contributed by atoms with van der Waals surface area (Å²) in [6.45, 7) is 0.480. The lowest BCUT2D eigenvalue weighted by molar-refractivity contribution is -0.115. The predicted octanol–water partition coefficient (Wildman–Crippen LogP) is 4.90. The maximum Gasteiger partial charge on any atom is 0.411 e. The molecular weight excluding hydrogens is 434 g/mol. The second kappa shape index (κ2) is 10.4. The highest BCUT2D eigenvalue weighted by Crippen LogP contribution is 2.33. The zero-order valence-electron chi connectivity index (χ0n) is 15.4. The third-order valence-corrected chi connectivity index (χ3v) is 5.88. The van der Waals surface area contributed by atoms with E-state index in [9.17, 15) is 9.59 Å². The monoisotopic (exact) mass is 451 g/mol. The Balaban J connectivity index is 1.54. The number of halogens is 1. The van der Waals surface area contributed by atoms with Crippen LogP contribution in [-0.4, -0.2) is 37.3 Å². The number of thiazole rings is 1. The summed E-state index contributed by atoms with van der Waals surface area (Å²) in [5.41, 5.74) is 1.75. The lowest BCUT2D eigenvalue weighted by Crippen LogP contribution is -2.17. The first-order valence-corrected chi connectivity index (χ1v) is 10.6. The molecule has 0 fully saturated rings. The van der Waals surface area contributed by atoms with Crippen molar-refractivity contribution in [3.63, 3.8) is 0 Å². The Kier molecular flexibility index (Phi) is 7.59. The molecule has 0 atom stereocenters. The van der Waals surface area contributed by atoms with Crippen LogP contribution in [0.15, 0.2) is 41.8 Å². The van der Waals surface area contributed by atoms with Gasteiger partial charge in [-0.05, 0) is 30.3 Å². The maximum absolute atomic E-state index is 12.3. The first kappa shape index (κ1) is 21.3. The smallest absolute Gasteiger partial charge is 0.411 e. The van der Waals surface area contributed by atoms with Crippen LogP contribution in [0, 0.1) is 0 Å². The van der Waals surface area contributed by atoms with E-state index in [1.54, 1.807) is 24.3 Å². The van der Waals surface area contributed by atoms with Gasteiger partial charge in [-0.2, -0.15) is 0 Å². The summed E-state index contributed by atoms with van der Waals surface area (Å²) >= 11 is 8.88. The van der Waals surface area contributed by atoms with E-state index in [0.29, 0.717) is 28.0 Å². The highest BCUT2D eigenvalue weighted by atomic mass is 35.5. The Morgan fingerprint density at radius 2 is 1.93 bits per heavy atom. The normalized spacial score (nSPS) is 10.6. The van der Waals surface area contributed by atoms with Gasteiger partial charge in [-0.15, -0.1) is 22.7 Å². The van der Waals surface area contributed by atoms with E-state index in [0.717, 1.165) is 9.88 Å². The van der Waals surface area contributed by atoms with E-state index in [1.165, 1.54) is 29.8 Å². The summed E-state index contributed by atoms with van der Waals surface area (Å²) in [6, 6.07) is 10.5. The van der Waals surface area contributed by atoms with Crippen LogP contribution in [0.25, 0.3) is 9.88 Å². The third kappa shape index (κ3) is 6.53. The van der Waals surface area contributed by atoms with Gasteiger partial charge in [0.25, 0.3) is 0 Å². The molecule has 0 spiro atoms. The molecule has 0 aliphatic heterocycles. The number of carbonyl (C=O) groups is 2. The Hall–Kier alpha value is -2.46. The van der Waals surface area contributed by atoms with Crippen LogP contribution in [0.5, 0.6) is 0 Å². The Bertz CT molecular complexity index is 989. The van der Waals surface area contributed by atoms with E-state index in [4.69, 9.17) is 21.1 Å². The van der Waals surface area contributed by atoms with Crippen LogP contribution in [-0.2, 0) is 20.7 Å². The fraction of sp³-hybridized carbons (Fsp3) is 0.211. The molecule has 7 nitrogen and oxygen atoms in total. The number of hydrogen-bond donors (Lipinski definition) is 2. The van der Waals surface area contributed by atoms with Crippen LogP contribution in [0.1, 0.15) is 5.69 Å². The molecule has 1 aromatic carbocycles. The van der Waals surface area contributed by atoms with Crippen molar-refractivity contribution >= 4 is 57.6 Å². The highest BCUT2D eigenvalue weighted by molar-refractivity contribution is 7.23. The number of nitrogens with one attached hydrogen (secondary N) is 2. The van der Waals surface area contributed by atoms with E-state index < -0.39 is 6.09 Å². The van der Waals surface area contributed by atoms with Crippen LogP contribution >= 0.6 is 34.3 Å². The van der Waals surface area contributed by atoms with Crippen LogP contribution in [0.3, 0.4) is 0 Å². The number of rotatable bonds is 8. The molecule has 0 unspecified atom stereocenters. The molecule has 0 bridgehead atoms. The number of nitrogens with zero attached hydrogens (tertiary/aromatic N) is 1. The van der Waals surface area contributed by atoms with E-state index >= 15 is 0 Å². The number of methoxy groups -OCH3 is 1. The maximum atomic E-state index is 12.3. The molecule has 0 saturated heterocycles. The van der Waals surface area contributed by atoms with Gasteiger partial charge >= 0.3 is 6.09 Å². The summed E-state index contributed by atoms with van der Waals surface area (Å²) in [4.78, 5) is 29.5. The first-order valence-electron chi connectivity index (χ1n) is 8.56. The quantitative estimate of drug-likeness (QED) is 0.475. The molecule has 3 rings (SSSR count). The summed E-state index contributed by atoms with van der Waals surface area (Å²) < 4.78 is 10.5. The summed E-state index contributed by atoms with van der Waals surface area (Å²) in [5, 5.41) is 8.10. The fourth-order valence-electron chi connectivity index (χ4n) is 2.35. The number of ether oxygens (including phenoxy) is 2. The van der Waals surface area contributed by atoms with Gasteiger partial charge in [-0.25, -0.2) is 9.78 Å². The van der Waals surface area contributed by atoms with Gasteiger partial charge in [-0.3, -0.25) is 10.1 Å². The molecule has 0 saturated carbocycles. The zero-order valence-corrected chi connectivity index (χ0v) is 17.8. The van der Waals surface area contributed by atoms with Gasteiger partial charge in [0.05, 0.1) is 27.9 Å². The number of aromatic nitrogens is 1. The zero-order chi connectivity index (χ0) is 20.6. The number of carbonyl (C=O) groups excluding carboxylic acids is 2. The van der Waals surface area contributed by atoms with Crippen molar-refractivity contribution in [2.45, 2.75) is 6.42 Å². The number of amides is 2. The fourth-order valence-corrected chi connectivity index (χ4v) is 4.28. The van der Waals surface area contributed by atoms with Crippen molar-refractivity contribution in [3.05, 3.63) is 51.8 Å². The first-order chi connectivity index (χ1) is 14.0. The van der Waals surface area contributed by atoms with Gasteiger partial charge < -0.3 is 14.8 Å². The molecule has 2 heterocycles. The molecule has 2 amide bonds. The van der Waals surface area contributed by atoms with Crippen molar-refractivity contribution in [1.82, 2.24) is 4.98 Å². The Morgan fingerprint density at radius 3 is 2.66 bits per heavy atom. The SMILES string of the molecule is COCCOC(=O)Nc1cccc(NC(=O)Cc2csc(-c3ccc(Cl)s3)n2)c1. The molecule has 152 valence electrons. The van der Waals surface area contributed by atoms with Gasteiger partial charge in [0, 0.05) is 23.9 Å². The van der Waals surface area contributed by atoms with E-state index in [1.807, 2.05) is 17.5 Å². The average molecular weight is 452 g/mol. The minimum Gasteiger partial charge on any atom is -0.447 e. The average Bonchev–Trinajstić information content (AvgIpc) is 3.31. The third-order valence-electron chi connectivity index (χ3n) is 3.59. The molecule has 0 aliphatic carbocycles. The van der Waals surface area contributed by atoms with Crippen molar-refractivity contribution in [1.29, 1.82) is 0 Å². The van der Waals surface area contributed by atoms with Crippen molar-refractivity contribution < 1.29 is 19.1 Å². The standard InChI is InChI=1S/C19H18ClN3O4S2/c1-26-7-8-27-19(25)23-13-4-2-3-12(9-13)21-17(24)10-14-11-28-18(22-14)15-5-6-16(20)29-15/h2-6,9,11H,7-8,10H2,1H3,(H,21,24)(H,23,25). The van der Waals surface area contributed by atoms with Crippen molar-refractivity contribution in [2.24, 2.45) is 0 Å². The summed E-state index contributed by atoms with van der Waals surface area (Å²) in [6.07, 6.45) is -0.444. The molecule has 29 heavy (non-hydrogen) atoms. The minimum atomic E-state index is -0.589. The van der Waals surface area contributed by atoms with Gasteiger partial charge in [-0.1, -0.05) is 17.7 Å². The lowest BCUT2D eigenvalue weighted by Gasteiger charge is -2.09. The second-order valence-electron chi connectivity index (χ2n) is 5.81. The molecule has 0 aliphatic rings. The minimum absolute atomic E-state index is 0.145. The molecular formula is C19H18ClN3O4S2. The van der Waals surface area contributed by atoms with Crippen LogP contribution < -0.4 is 10.6 Å². The van der Waals surface area contributed by atoms with E-state index in [-0.39, 0.29) is 18.9 Å². The largest absolute Gasteiger partial charge is 0.447 e. The summed E-state index contributed by atoms with van der Waals surface area (Å²) in [5.74, 6) is -0.203. The van der Waals surface area contributed by atoms with Crippen molar-refractivity contribution in [3.8, 4) is 9.88 Å². The van der Waals surface area contributed by atoms with Crippen LogP contribution in [0.4, 0.5) is 16.2 Å².